The van der Waals surface area contributed by atoms with E-state index in [-0.39, 0.29) is 11.7 Å². The molecular formula is C7H12N2O2. The number of hydrogen-bond donors (Lipinski definition) is 0. The molecule has 0 N–H and O–H groups in total. The van der Waals surface area contributed by atoms with Gasteiger partial charge in [0.05, 0.1) is 0 Å². The van der Waals surface area contributed by atoms with Gasteiger partial charge in [0.15, 0.2) is 5.82 Å². The lowest BCUT2D eigenvalue weighted by molar-refractivity contribution is 0.0972. The molecule has 0 aliphatic heterocycles. The molecule has 0 aliphatic rings. The molecule has 0 aromatic carbocycles. The summed E-state index contributed by atoms with van der Waals surface area (Å²) in [6.07, 6.45) is 0. The van der Waals surface area contributed by atoms with E-state index < -0.39 is 0 Å². The van der Waals surface area contributed by atoms with Gasteiger partial charge in [-0.2, -0.15) is 4.98 Å². The molecule has 4 nitrogen and oxygen atoms in total. The largest absolute Gasteiger partial charge is 0.331 e. The highest BCUT2D eigenvalue weighted by molar-refractivity contribution is 5.89. The van der Waals surface area contributed by atoms with E-state index in [1.807, 2.05) is 13.8 Å². The molecule has 0 radical (unpaired) electrons. The van der Waals surface area contributed by atoms with Crippen LogP contribution < -0.4 is 0 Å². The van der Waals surface area contributed by atoms with E-state index in [4.69, 9.17) is 0 Å². The summed E-state index contributed by atoms with van der Waals surface area (Å²) >= 11 is 0. The van der Waals surface area contributed by atoms with Gasteiger partial charge in [0.2, 0.25) is 5.78 Å². The van der Waals surface area contributed by atoms with Crippen molar-refractivity contribution in [3.63, 3.8) is 0 Å². The second-order valence-corrected chi connectivity index (χ2v) is 1.70. The Bertz CT molecular complexity index is 230. The summed E-state index contributed by atoms with van der Waals surface area (Å²) in [6, 6.07) is 0. The highest BCUT2D eigenvalue weighted by atomic mass is 16.5. The van der Waals surface area contributed by atoms with Crippen LogP contribution in [0.3, 0.4) is 0 Å². The standard InChI is InChI=1S/C5H6N2O2.C2H6/c1-3(8)5-6-4(2)7-9-5;1-2/h1-2H3;1-2H3. The van der Waals surface area contributed by atoms with Gasteiger partial charge in [-0.15, -0.1) is 0 Å². The molecule has 0 saturated carbocycles. The lowest BCUT2D eigenvalue weighted by Crippen LogP contribution is -1.90. The minimum atomic E-state index is -0.199. The fourth-order valence-electron chi connectivity index (χ4n) is 0.440. The molecule has 0 fully saturated rings. The van der Waals surface area contributed by atoms with Crippen molar-refractivity contribution >= 4 is 5.78 Å². The molecule has 62 valence electrons. The SMILES string of the molecule is CC.CC(=O)c1nc(C)no1. The number of hydrogen-bond acceptors (Lipinski definition) is 4. The zero-order valence-electron chi connectivity index (χ0n) is 7.21. The van der Waals surface area contributed by atoms with E-state index in [0.717, 1.165) is 0 Å². The Balaban J connectivity index is 0.000000461. The molecule has 1 rings (SSSR count). The number of Topliss-reactive ketones (excluding diaryl/α,β-unsaturated/α-hetero) is 1. The van der Waals surface area contributed by atoms with Crippen LogP contribution in [0.1, 0.15) is 37.3 Å². The van der Waals surface area contributed by atoms with Gasteiger partial charge in [0, 0.05) is 6.92 Å². The van der Waals surface area contributed by atoms with Crippen LogP contribution in [-0.2, 0) is 0 Å². The van der Waals surface area contributed by atoms with Crippen molar-refractivity contribution in [3.05, 3.63) is 11.7 Å². The average molecular weight is 156 g/mol. The maximum Gasteiger partial charge on any atom is 0.293 e. The summed E-state index contributed by atoms with van der Waals surface area (Å²) in [5.41, 5.74) is 0. The normalized spacial score (nSPS) is 8.36. The van der Waals surface area contributed by atoms with Gasteiger partial charge in [-0.25, -0.2) is 0 Å². The number of rotatable bonds is 1. The van der Waals surface area contributed by atoms with Crippen LogP contribution in [0.15, 0.2) is 4.52 Å². The molecule has 1 heterocycles. The summed E-state index contributed by atoms with van der Waals surface area (Å²) in [5, 5.41) is 3.43. The minimum absolute atomic E-state index is 0.0764. The summed E-state index contributed by atoms with van der Waals surface area (Å²) in [4.78, 5) is 14.1. The van der Waals surface area contributed by atoms with E-state index in [2.05, 4.69) is 14.7 Å². The van der Waals surface area contributed by atoms with Gasteiger partial charge < -0.3 is 4.52 Å². The van der Waals surface area contributed by atoms with Crippen LogP contribution >= 0.6 is 0 Å². The summed E-state index contributed by atoms with van der Waals surface area (Å²) < 4.78 is 4.52. The van der Waals surface area contributed by atoms with Gasteiger partial charge in [-0.1, -0.05) is 19.0 Å². The number of aromatic nitrogens is 2. The molecule has 0 amide bonds. The Labute approximate surface area is 65.6 Å². The first kappa shape index (κ1) is 9.81. The lowest BCUT2D eigenvalue weighted by Gasteiger charge is -1.75. The second-order valence-electron chi connectivity index (χ2n) is 1.70. The molecule has 0 atom stereocenters. The van der Waals surface area contributed by atoms with Crippen molar-refractivity contribution in [3.8, 4) is 0 Å². The summed E-state index contributed by atoms with van der Waals surface area (Å²) in [5.74, 6) is 0.364. The predicted octanol–water partition coefficient (Wildman–Crippen LogP) is 1.61. The van der Waals surface area contributed by atoms with E-state index >= 15 is 0 Å². The van der Waals surface area contributed by atoms with Gasteiger partial charge >= 0.3 is 0 Å². The highest BCUT2D eigenvalue weighted by Gasteiger charge is 2.05. The number of carbonyl (C=O) groups excluding carboxylic acids is 1. The van der Waals surface area contributed by atoms with Crippen molar-refractivity contribution in [2.75, 3.05) is 0 Å². The van der Waals surface area contributed by atoms with E-state index in [1.54, 1.807) is 6.92 Å². The first-order valence-electron chi connectivity index (χ1n) is 3.51. The van der Waals surface area contributed by atoms with Gasteiger partial charge in [-0.3, -0.25) is 4.79 Å². The second kappa shape index (κ2) is 4.60. The van der Waals surface area contributed by atoms with Crippen LogP contribution in [0.25, 0.3) is 0 Å². The van der Waals surface area contributed by atoms with E-state index in [1.165, 1.54) is 6.92 Å². The van der Waals surface area contributed by atoms with Crippen molar-refractivity contribution in [1.82, 2.24) is 10.1 Å². The fourth-order valence-corrected chi connectivity index (χ4v) is 0.440. The smallest absolute Gasteiger partial charge is 0.293 e. The third-order valence-corrected chi connectivity index (χ3v) is 0.829. The predicted molar refractivity (Wildman–Crippen MR) is 40.4 cm³/mol. The van der Waals surface area contributed by atoms with E-state index in [0.29, 0.717) is 5.82 Å². The molecule has 4 heteroatoms. The van der Waals surface area contributed by atoms with Crippen LogP contribution in [0.2, 0.25) is 0 Å². The Morgan fingerprint density at radius 1 is 1.45 bits per heavy atom. The van der Waals surface area contributed by atoms with Crippen molar-refractivity contribution in [1.29, 1.82) is 0 Å². The molecule has 0 unspecified atom stereocenters. The summed E-state index contributed by atoms with van der Waals surface area (Å²) in [7, 11) is 0. The zero-order valence-corrected chi connectivity index (χ0v) is 7.21. The Morgan fingerprint density at radius 3 is 2.18 bits per heavy atom. The monoisotopic (exact) mass is 156 g/mol. The number of ketones is 1. The van der Waals surface area contributed by atoms with Crippen molar-refractivity contribution < 1.29 is 9.32 Å². The topological polar surface area (TPSA) is 56.0 Å². The molecule has 1 aromatic heterocycles. The molecular weight excluding hydrogens is 144 g/mol. The van der Waals surface area contributed by atoms with E-state index in [9.17, 15) is 4.79 Å². The molecule has 1 aromatic rings. The zero-order chi connectivity index (χ0) is 8.85. The average Bonchev–Trinajstić information content (AvgIpc) is 2.40. The molecule has 0 bridgehead atoms. The Morgan fingerprint density at radius 2 is 2.00 bits per heavy atom. The first-order chi connectivity index (χ1) is 5.20. The molecule has 0 spiro atoms. The Hall–Kier alpha value is -1.19. The maximum atomic E-state index is 10.5. The lowest BCUT2D eigenvalue weighted by atomic mass is 10.5. The quantitative estimate of drug-likeness (QED) is 0.579. The maximum absolute atomic E-state index is 10.5. The van der Waals surface area contributed by atoms with Crippen molar-refractivity contribution in [2.24, 2.45) is 0 Å². The van der Waals surface area contributed by atoms with Gasteiger partial charge in [0.25, 0.3) is 5.89 Å². The number of carbonyl (C=O) groups is 1. The fraction of sp³-hybridized carbons (Fsp3) is 0.571. The van der Waals surface area contributed by atoms with Crippen molar-refractivity contribution in [2.45, 2.75) is 27.7 Å². The van der Waals surface area contributed by atoms with Gasteiger partial charge in [-0.05, 0) is 6.92 Å². The first-order valence-corrected chi connectivity index (χ1v) is 3.51. The third kappa shape index (κ3) is 2.93. The number of aryl methyl sites for hydroxylation is 1. The third-order valence-electron chi connectivity index (χ3n) is 0.829. The van der Waals surface area contributed by atoms with Crippen LogP contribution in [0.5, 0.6) is 0 Å². The molecule has 11 heavy (non-hydrogen) atoms. The highest BCUT2D eigenvalue weighted by Crippen LogP contribution is 1.94. The minimum Gasteiger partial charge on any atom is -0.331 e. The number of nitrogens with zero attached hydrogens (tertiary/aromatic N) is 2. The summed E-state index contributed by atoms with van der Waals surface area (Å²) in [6.45, 7) is 7.04. The van der Waals surface area contributed by atoms with Crippen LogP contribution in [0.4, 0.5) is 0 Å². The van der Waals surface area contributed by atoms with Crippen LogP contribution in [0, 0.1) is 6.92 Å². The van der Waals surface area contributed by atoms with Crippen LogP contribution in [-0.4, -0.2) is 15.9 Å². The Kier molecular flexibility index (Phi) is 4.10. The molecule has 0 saturated heterocycles. The molecule has 0 aliphatic carbocycles. The van der Waals surface area contributed by atoms with Gasteiger partial charge in [0.1, 0.15) is 0 Å².